The van der Waals surface area contributed by atoms with E-state index in [4.69, 9.17) is 14.2 Å². The van der Waals surface area contributed by atoms with Gasteiger partial charge in [0, 0.05) is 23.6 Å². The lowest BCUT2D eigenvalue weighted by molar-refractivity contribution is 0.190. The molecule has 1 aliphatic heterocycles. The van der Waals surface area contributed by atoms with E-state index in [-0.39, 0.29) is 12.1 Å². The monoisotopic (exact) mass is 390 g/mol. The van der Waals surface area contributed by atoms with Crippen molar-refractivity contribution in [2.45, 2.75) is 31.7 Å². The molecule has 7 heteroatoms. The minimum absolute atomic E-state index is 0.107. The molecule has 2 aromatic rings. The van der Waals surface area contributed by atoms with Gasteiger partial charge in [-0.05, 0) is 24.3 Å². The van der Waals surface area contributed by atoms with Gasteiger partial charge >= 0.3 is 6.03 Å². The Bertz CT molecular complexity index is 738. The van der Waals surface area contributed by atoms with Gasteiger partial charge in [0.2, 0.25) is 5.75 Å². The highest BCUT2D eigenvalue weighted by atomic mass is 32.1. The summed E-state index contributed by atoms with van der Waals surface area (Å²) in [5.41, 5.74) is 0.615. The highest BCUT2D eigenvalue weighted by Gasteiger charge is 2.28. The van der Waals surface area contributed by atoms with E-state index in [1.165, 1.54) is 4.88 Å². The van der Waals surface area contributed by atoms with Crippen molar-refractivity contribution in [3.8, 4) is 17.2 Å². The topological polar surface area (TPSA) is 60.0 Å². The average Bonchev–Trinajstić information content (AvgIpc) is 3.11. The molecule has 3 rings (SSSR count). The Labute approximate surface area is 164 Å². The third kappa shape index (κ3) is 4.30. The molecule has 1 N–H and O–H groups in total. The van der Waals surface area contributed by atoms with Crippen LogP contribution in [0.15, 0.2) is 29.6 Å². The molecular weight excluding hydrogens is 364 g/mol. The summed E-state index contributed by atoms with van der Waals surface area (Å²) < 4.78 is 16.1. The van der Waals surface area contributed by atoms with E-state index in [9.17, 15) is 4.79 Å². The number of likely N-dealkylation sites (tertiary alicyclic amines) is 1. The number of methoxy groups -OCH3 is 3. The largest absolute Gasteiger partial charge is 0.493 e. The molecule has 0 bridgehead atoms. The molecule has 6 nitrogen and oxygen atoms in total. The highest BCUT2D eigenvalue weighted by Crippen LogP contribution is 2.40. The van der Waals surface area contributed by atoms with Gasteiger partial charge in [-0.1, -0.05) is 18.9 Å². The summed E-state index contributed by atoms with van der Waals surface area (Å²) in [4.78, 5) is 16.3. The summed E-state index contributed by atoms with van der Waals surface area (Å²) in [6, 6.07) is 7.66. The van der Waals surface area contributed by atoms with Crippen molar-refractivity contribution in [1.29, 1.82) is 0 Å². The molecule has 1 aromatic carbocycles. The quantitative estimate of drug-likeness (QED) is 0.787. The van der Waals surface area contributed by atoms with E-state index >= 15 is 0 Å². The molecular formula is C20H26N2O4S. The number of carbonyl (C=O) groups is 1. The third-order valence-corrected chi connectivity index (χ3v) is 5.77. The van der Waals surface area contributed by atoms with Gasteiger partial charge in [0.15, 0.2) is 11.5 Å². The first-order chi connectivity index (χ1) is 13.2. The van der Waals surface area contributed by atoms with E-state index < -0.39 is 0 Å². The molecule has 0 aliphatic carbocycles. The number of thiophene rings is 1. The second-order valence-electron chi connectivity index (χ2n) is 6.42. The first kappa shape index (κ1) is 19.4. The van der Waals surface area contributed by atoms with Crippen LogP contribution >= 0.6 is 11.3 Å². The number of anilines is 1. The number of ether oxygens (including phenoxy) is 3. The number of nitrogens with one attached hydrogen (secondary N) is 1. The zero-order valence-corrected chi connectivity index (χ0v) is 16.8. The first-order valence-electron chi connectivity index (χ1n) is 9.09. The lowest BCUT2D eigenvalue weighted by atomic mass is 10.1. The van der Waals surface area contributed by atoms with Gasteiger partial charge in [-0.25, -0.2) is 4.79 Å². The molecule has 2 amide bonds. The SMILES string of the molecule is COc1cc(NC(=O)N2CCCCC[C@@H]2c2cccs2)cc(OC)c1OC. The molecule has 1 aromatic heterocycles. The minimum Gasteiger partial charge on any atom is -0.493 e. The first-order valence-corrected chi connectivity index (χ1v) is 9.97. The fourth-order valence-electron chi connectivity index (χ4n) is 3.48. The van der Waals surface area contributed by atoms with Crippen molar-refractivity contribution in [3.63, 3.8) is 0 Å². The second kappa shape index (κ2) is 8.99. The Morgan fingerprint density at radius 1 is 1.11 bits per heavy atom. The second-order valence-corrected chi connectivity index (χ2v) is 7.40. The van der Waals surface area contributed by atoms with Crippen LogP contribution in [0.5, 0.6) is 17.2 Å². The van der Waals surface area contributed by atoms with Crippen LogP contribution in [0.4, 0.5) is 10.5 Å². The van der Waals surface area contributed by atoms with Crippen LogP contribution in [0.2, 0.25) is 0 Å². The van der Waals surface area contributed by atoms with Crippen molar-refractivity contribution in [1.82, 2.24) is 4.90 Å². The Morgan fingerprint density at radius 3 is 2.44 bits per heavy atom. The maximum atomic E-state index is 13.1. The van der Waals surface area contributed by atoms with Gasteiger partial charge < -0.3 is 24.4 Å². The van der Waals surface area contributed by atoms with Crippen LogP contribution in [0.25, 0.3) is 0 Å². The van der Waals surface area contributed by atoms with E-state index in [1.54, 1.807) is 44.8 Å². The molecule has 2 heterocycles. The average molecular weight is 391 g/mol. The Morgan fingerprint density at radius 2 is 1.85 bits per heavy atom. The number of hydrogen-bond acceptors (Lipinski definition) is 5. The maximum Gasteiger partial charge on any atom is 0.322 e. The van der Waals surface area contributed by atoms with Gasteiger partial charge in [0.25, 0.3) is 0 Å². The molecule has 27 heavy (non-hydrogen) atoms. The summed E-state index contributed by atoms with van der Waals surface area (Å²) in [6.45, 7) is 0.749. The standard InChI is InChI=1S/C20H26N2O4S/c1-24-16-12-14(13-17(25-2)19(16)26-3)21-20(23)22-10-6-4-5-8-15(22)18-9-7-11-27-18/h7,9,11-13,15H,4-6,8,10H2,1-3H3,(H,21,23)/t15-/m1/s1. The number of carbonyl (C=O) groups excluding carboxylic acids is 1. The maximum absolute atomic E-state index is 13.1. The smallest absolute Gasteiger partial charge is 0.322 e. The molecule has 0 spiro atoms. The van der Waals surface area contributed by atoms with Gasteiger partial charge in [0.05, 0.1) is 33.1 Å². The Kier molecular flexibility index (Phi) is 6.45. The normalized spacial score (nSPS) is 17.1. The summed E-state index contributed by atoms with van der Waals surface area (Å²) >= 11 is 1.71. The Hall–Kier alpha value is -2.41. The third-order valence-electron chi connectivity index (χ3n) is 4.80. The van der Waals surface area contributed by atoms with Crippen LogP contribution in [0.3, 0.4) is 0 Å². The summed E-state index contributed by atoms with van der Waals surface area (Å²) in [5, 5.41) is 5.07. The number of benzene rings is 1. The van der Waals surface area contributed by atoms with Crippen LogP contribution < -0.4 is 19.5 Å². The van der Waals surface area contributed by atoms with Gasteiger partial charge in [-0.3, -0.25) is 0 Å². The molecule has 146 valence electrons. The lowest BCUT2D eigenvalue weighted by Gasteiger charge is -2.29. The van der Waals surface area contributed by atoms with Crippen LogP contribution in [-0.2, 0) is 0 Å². The number of hydrogen-bond donors (Lipinski definition) is 1. The molecule has 0 saturated carbocycles. The summed E-state index contributed by atoms with van der Waals surface area (Å²) in [7, 11) is 4.68. The molecule has 1 aliphatic rings. The van der Waals surface area contributed by atoms with Crippen molar-refractivity contribution in [2.75, 3.05) is 33.2 Å². The molecule has 0 unspecified atom stereocenters. The lowest BCUT2D eigenvalue weighted by Crippen LogP contribution is -2.37. The zero-order chi connectivity index (χ0) is 19.2. The number of rotatable bonds is 5. The van der Waals surface area contributed by atoms with Crippen LogP contribution in [0, 0.1) is 0 Å². The molecule has 1 atom stereocenters. The van der Waals surface area contributed by atoms with Crippen molar-refractivity contribution < 1.29 is 19.0 Å². The molecule has 0 radical (unpaired) electrons. The minimum atomic E-state index is -0.107. The van der Waals surface area contributed by atoms with Gasteiger partial charge in [-0.2, -0.15) is 0 Å². The van der Waals surface area contributed by atoms with Crippen LogP contribution in [-0.4, -0.2) is 38.8 Å². The highest BCUT2D eigenvalue weighted by molar-refractivity contribution is 7.10. The van der Waals surface area contributed by atoms with E-state index in [0.717, 1.165) is 32.2 Å². The number of amides is 2. The van der Waals surface area contributed by atoms with E-state index in [1.807, 2.05) is 11.0 Å². The summed E-state index contributed by atoms with van der Waals surface area (Å²) in [5.74, 6) is 1.53. The van der Waals surface area contributed by atoms with E-state index in [2.05, 4.69) is 16.8 Å². The fraction of sp³-hybridized carbons (Fsp3) is 0.450. The Balaban J connectivity index is 1.84. The van der Waals surface area contributed by atoms with Crippen molar-refractivity contribution in [3.05, 3.63) is 34.5 Å². The predicted octanol–water partition coefficient (Wildman–Crippen LogP) is 4.92. The predicted molar refractivity (Wildman–Crippen MR) is 107 cm³/mol. The van der Waals surface area contributed by atoms with Crippen molar-refractivity contribution >= 4 is 23.1 Å². The van der Waals surface area contributed by atoms with Gasteiger partial charge in [0.1, 0.15) is 0 Å². The zero-order valence-electron chi connectivity index (χ0n) is 16.0. The van der Waals surface area contributed by atoms with E-state index in [0.29, 0.717) is 22.9 Å². The van der Waals surface area contributed by atoms with Gasteiger partial charge in [-0.15, -0.1) is 11.3 Å². The molecule has 1 saturated heterocycles. The fourth-order valence-corrected chi connectivity index (χ4v) is 4.35. The van der Waals surface area contributed by atoms with Crippen molar-refractivity contribution in [2.24, 2.45) is 0 Å². The molecule has 1 fully saturated rings. The number of urea groups is 1. The summed E-state index contributed by atoms with van der Waals surface area (Å²) in [6.07, 6.45) is 4.29. The van der Waals surface area contributed by atoms with Crippen LogP contribution in [0.1, 0.15) is 36.6 Å². The number of nitrogens with zero attached hydrogens (tertiary/aromatic N) is 1.